The van der Waals surface area contributed by atoms with E-state index in [2.05, 4.69) is 5.32 Å². The van der Waals surface area contributed by atoms with Crippen LogP contribution in [0.4, 0.5) is 14.5 Å². The van der Waals surface area contributed by atoms with Crippen molar-refractivity contribution < 1.29 is 23.1 Å². The summed E-state index contributed by atoms with van der Waals surface area (Å²) in [6.07, 6.45) is -1.18. The maximum Gasteiger partial charge on any atom is 0.340 e. The average molecular weight is 411 g/mol. The molecular formula is C18H13ClF2N2O3S. The van der Waals surface area contributed by atoms with Gasteiger partial charge < -0.3 is 10.1 Å². The number of carbonyl (C=O) groups excluding carboxylic acids is 2. The normalized spacial score (nSPS) is 11.6. The van der Waals surface area contributed by atoms with Crippen LogP contribution in [-0.2, 0) is 9.53 Å². The Bertz CT molecular complexity index is 902. The molecule has 0 bridgehead atoms. The lowest BCUT2D eigenvalue weighted by molar-refractivity contribution is -0.123. The van der Waals surface area contributed by atoms with Crippen LogP contribution in [0, 0.1) is 11.3 Å². The highest BCUT2D eigenvalue weighted by Crippen LogP contribution is 2.29. The Kier molecular flexibility index (Phi) is 7.16. The van der Waals surface area contributed by atoms with Crippen LogP contribution in [0.25, 0.3) is 0 Å². The van der Waals surface area contributed by atoms with E-state index in [1.54, 1.807) is 0 Å². The van der Waals surface area contributed by atoms with Gasteiger partial charge in [-0.15, -0.1) is 0 Å². The molecule has 0 fully saturated rings. The van der Waals surface area contributed by atoms with E-state index in [1.807, 2.05) is 6.07 Å². The monoisotopic (exact) mass is 410 g/mol. The third-order valence-corrected chi connectivity index (χ3v) is 4.43. The van der Waals surface area contributed by atoms with Crippen LogP contribution in [0.2, 0.25) is 5.02 Å². The van der Waals surface area contributed by atoms with Gasteiger partial charge in [-0.05, 0) is 37.3 Å². The molecule has 0 aliphatic carbocycles. The molecule has 1 amide bonds. The summed E-state index contributed by atoms with van der Waals surface area (Å²) in [5, 5.41) is 11.5. The van der Waals surface area contributed by atoms with Gasteiger partial charge in [0.25, 0.3) is 11.7 Å². The molecule has 2 aromatic carbocycles. The van der Waals surface area contributed by atoms with Gasteiger partial charge in [-0.2, -0.15) is 14.0 Å². The minimum Gasteiger partial charge on any atom is -0.449 e. The highest BCUT2D eigenvalue weighted by molar-refractivity contribution is 7.99. The van der Waals surface area contributed by atoms with Gasteiger partial charge in [0.1, 0.15) is 6.07 Å². The smallest absolute Gasteiger partial charge is 0.340 e. The van der Waals surface area contributed by atoms with E-state index in [4.69, 9.17) is 21.6 Å². The molecule has 0 spiro atoms. The first-order valence-corrected chi connectivity index (χ1v) is 8.83. The minimum atomic E-state index is -2.69. The summed E-state index contributed by atoms with van der Waals surface area (Å²) in [6.45, 7) is 1.35. The topological polar surface area (TPSA) is 79.2 Å². The zero-order valence-corrected chi connectivity index (χ0v) is 15.5. The van der Waals surface area contributed by atoms with Crippen molar-refractivity contribution in [2.24, 2.45) is 0 Å². The predicted octanol–water partition coefficient (Wildman–Crippen LogP) is 4.71. The fourth-order valence-corrected chi connectivity index (χ4v) is 2.89. The summed E-state index contributed by atoms with van der Waals surface area (Å²) in [7, 11) is 0. The van der Waals surface area contributed by atoms with Crippen LogP contribution in [0.1, 0.15) is 22.8 Å². The highest BCUT2D eigenvalue weighted by atomic mass is 35.5. The summed E-state index contributed by atoms with van der Waals surface area (Å²) >= 11 is 6.11. The first-order chi connectivity index (χ1) is 12.8. The lowest BCUT2D eigenvalue weighted by Gasteiger charge is -2.15. The number of alkyl halides is 2. The van der Waals surface area contributed by atoms with Gasteiger partial charge in [-0.1, -0.05) is 35.5 Å². The van der Waals surface area contributed by atoms with Crippen LogP contribution in [-0.4, -0.2) is 23.7 Å². The van der Waals surface area contributed by atoms with E-state index >= 15 is 0 Å². The van der Waals surface area contributed by atoms with Crippen LogP contribution in [0.5, 0.6) is 0 Å². The number of halogens is 3. The van der Waals surface area contributed by atoms with Crippen molar-refractivity contribution in [2.75, 3.05) is 5.32 Å². The van der Waals surface area contributed by atoms with Crippen LogP contribution >= 0.6 is 23.4 Å². The number of thioether (sulfide) groups is 1. The van der Waals surface area contributed by atoms with E-state index in [0.717, 1.165) is 0 Å². The molecule has 0 aliphatic heterocycles. The van der Waals surface area contributed by atoms with Crippen LogP contribution < -0.4 is 5.32 Å². The second-order valence-electron chi connectivity index (χ2n) is 5.22. The standard InChI is InChI=1S/C18H13ClF2N2O3S/c1-10(16(24)23-12-7-6-11(9-22)14(19)8-12)26-17(25)13-4-2-3-5-15(13)27-18(20)21/h2-8,10,18H,1H3,(H,23,24)/t10-/m1/s1. The number of benzene rings is 2. The van der Waals surface area contributed by atoms with Crippen molar-refractivity contribution in [3.63, 3.8) is 0 Å². The van der Waals surface area contributed by atoms with Crippen molar-refractivity contribution in [1.29, 1.82) is 5.26 Å². The highest BCUT2D eigenvalue weighted by Gasteiger charge is 2.22. The first kappa shape index (κ1) is 20.7. The van der Waals surface area contributed by atoms with Gasteiger partial charge >= 0.3 is 5.97 Å². The molecule has 2 aromatic rings. The Morgan fingerprint density at radius 2 is 1.96 bits per heavy atom. The number of nitrogens with one attached hydrogen (secondary N) is 1. The lowest BCUT2D eigenvalue weighted by Crippen LogP contribution is -2.30. The molecule has 0 aromatic heterocycles. The Hall–Kier alpha value is -2.63. The van der Waals surface area contributed by atoms with Crippen molar-refractivity contribution in [3.8, 4) is 6.07 Å². The van der Waals surface area contributed by atoms with Crippen molar-refractivity contribution in [3.05, 3.63) is 58.6 Å². The molecular weight excluding hydrogens is 398 g/mol. The summed E-state index contributed by atoms with van der Waals surface area (Å²) in [5.41, 5.74) is 0.520. The summed E-state index contributed by atoms with van der Waals surface area (Å²) in [5.74, 6) is -4.22. The number of nitrogens with zero attached hydrogens (tertiary/aromatic N) is 1. The molecule has 9 heteroatoms. The third kappa shape index (κ3) is 5.67. The summed E-state index contributed by atoms with van der Waals surface area (Å²) in [6, 6.07) is 11.9. The molecule has 0 aliphatic rings. The van der Waals surface area contributed by atoms with Crippen molar-refractivity contribution in [1.82, 2.24) is 0 Å². The van der Waals surface area contributed by atoms with Gasteiger partial charge in [-0.3, -0.25) is 4.79 Å². The largest absolute Gasteiger partial charge is 0.449 e. The van der Waals surface area contributed by atoms with E-state index in [-0.39, 0.29) is 32.8 Å². The van der Waals surface area contributed by atoms with E-state index in [0.29, 0.717) is 5.69 Å². The Balaban J connectivity index is 2.05. The van der Waals surface area contributed by atoms with E-state index in [9.17, 15) is 18.4 Å². The lowest BCUT2D eigenvalue weighted by atomic mass is 10.2. The fourth-order valence-electron chi connectivity index (χ4n) is 2.04. The third-order valence-electron chi connectivity index (χ3n) is 3.33. The van der Waals surface area contributed by atoms with Crippen LogP contribution in [0.15, 0.2) is 47.4 Å². The number of hydrogen-bond donors (Lipinski definition) is 1. The minimum absolute atomic E-state index is 0.0520. The summed E-state index contributed by atoms with van der Waals surface area (Å²) in [4.78, 5) is 24.5. The molecule has 0 saturated heterocycles. The van der Waals surface area contributed by atoms with Gasteiger partial charge in [-0.25, -0.2) is 4.79 Å². The van der Waals surface area contributed by atoms with Gasteiger partial charge in [0, 0.05) is 10.6 Å². The van der Waals surface area contributed by atoms with Gasteiger partial charge in [0.05, 0.1) is 16.1 Å². The second kappa shape index (κ2) is 9.35. The number of ether oxygens (including phenoxy) is 1. The van der Waals surface area contributed by atoms with Crippen molar-refractivity contribution in [2.45, 2.75) is 23.7 Å². The molecule has 0 saturated carbocycles. The van der Waals surface area contributed by atoms with Gasteiger partial charge in [0.2, 0.25) is 0 Å². The molecule has 0 heterocycles. The molecule has 5 nitrogen and oxygen atoms in total. The summed E-state index contributed by atoms with van der Waals surface area (Å²) < 4.78 is 30.3. The molecule has 0 radical (unpaired) electrons. The Labute approximate surface area is 163 Å². The van der Waals surface area contributed by atoms with Gasteiger partial charge in [0.15, 0.2) is 6.10 Å². The average Bonchev–Trinajstić information content (AvgIpc) is 2.61. The number of carbonyl (C=O) groups is 2. The fraction of sp³-hybridized carbons (Fsp3) is 0.167. The number of rotatable bonds is 6. The molecule has 27 heavy (non-hydrogen) atoms. The number of esters is 1. The molecule has 1 atom stereocenters. The molecule has 0 unspecified atom stereocenters. The molecule has 2 rings (SSSR count). The number of anilines is 1. The van der Waals surface area contributed by atoms with Crippen molar-refractivity contribution >= 4 is 40.9 Å². The number of nitriles is 1. The van der Waals surface area contributed by atoms with E-state index < -0.39 is 23.7 Å². The van der Waals surface area contributed by atoms with Crippen LogP contribution in [0.3, 0.4) is 0 Å². The maximum atomic E-state index is 12.6. The molecule has 1 N–H and O–H groups in total. The predicted molar refractivity (Wildman–Crippen MR) is 98.0 cm³/mol. The Morgan fingerprint density at radius 1 is 1.26 bits per heavy atom. The number of hydrogen-bond acceptors (Lipinski definition) is 5. The molecule has 140 valence electrons. The number of amides is 1. The zero-order valence-electron chi connectivity index (χ0n) is 13.9. The SMILES string of the molecule is C[C@@H](OC(=O)c1ccccc1SC(F)F)C(=O)Nc1ccc(C#N)c(Cl)c1. The quantitative estimate of drug-likeness (QED) is 0.551. The second-order valence-corrected chi connectivity index (χ2v) is 6.66. The maximum absolute atomic E-state index is 12.6. The zero-order chi connectivity index (χ0) is 20.0. The Morgan fingerprint density at radius 3 is 2.59 bits per heavy atom. The van der Waals surface area contributed by atoms with E-state index in [1.165, 1.54) is 49.4 Å². The first-order valence-electron chi connectivity index (χ1n) is 7.57.